The summed E-state index contributed by atoms with van der Waals surface area (Å²) in [4.78, 5) is 19.8. The van der Waals surface area contributed by atoms with Crippen LogP contribution in [0.2, 0.25) is 0 Å². The highest BCUT2D eigenvalue weighted by Gasteiger charge is 2.36. The summed E-state index contributed by atoms with van der Waals surface area (Å²) in [5.41, 5.74) is 1.52. The molecule has 0 atom stereocenters. The second-order valence-electron chi connectivity index (χ2n) is 6.71. The fraction of sp³-hybridized carbons (Fsp3) is 0.556. The van der Waals surface area contributed by atoms with Crippen molar-refractivity contribution in [2.75, 3.05) is 13.2 Å². The van der Waals surface area contributed by atoms with Gasteiger partial charge >= 0.3 is 0 Å². The predicted molar refractivity (Wildman–Crippen MR) is 87.5 cm³/mol. The number of imidazole rings is 1. The van der Waals surface area contributed by atoms with Gasteiger partial charge in [0.05, 0.1) is 5.52 Å². The van der Waals surface area contributed by atoms with Crippen LogP contribution in [0.5, 0.6) is 0 Å². The van der Waals surface area contributed by atoms with Gasteiger partial charge in [-0.3, -0.25) is 4.79 Å². The molecule has 2 heterocycles. The highest BCUT2D eigenvalue weighted by Crippen LogP contribution is 2.40. The van der Waals surface area contributed by atoms with Crippen molar-refractivity contribution in [1.29, 1.82) is 0 Å². The predicted octanol–water partition coefficient (Wildman–Crippen LogP) is 2.59. The van der Waals surface area contributed by atoms with Gasteiger partial charge in [0.1, 0.15) is 5.82 Å². The van der Waals surface area contributed by atoms with Gasteiger partial charge in [-0.2, -0.15) is 0 Å². The zero-order valence-electron chi connectivity index (χ0n) is 13.3. The second-order valence-corrected chi connectivity index (χ2v) is 6.71. The van der Waals surface area contributed by atoms with Gasteiger partial charge in [0.25, 0.3) is 5.91 Å². The average molecular weight is 313 g/mol. The number of rotatable bonds is 7. The molecule has 2 aromatic heterocycles. The molecule has 0 bridgehead atoms. The van der Waals surface area contributed by atoms with E-state index in [1.54, 1.807) is 0 Å². The lowest BCUT2D eigenvalue weighted by Crippen LogP contribution is -2.34. The van der Waals surface area contributed by atoms with E-state index in [1.807, 2.05) is 29.3 Å². The van der Waals surface area contributed by atoms with Gasteiger partial charge < -0.3 is 14.4 Å². The van der Waals surface area contributed by atoms with Crippen LogP contribution in [-0.4, -0.2) is 44.5 Å². The number of hydrogen-bond acceptors (Lipinski definition) is 3. The van der Waals surface area contributed by atoms with Crippen LogP contribution < -0.4 is 0 Å². The number of carbonyl (C=O) groups is 1. The molecule has 2 aliphatic rings. The Hall–Kier alpha value is -1.88. The van der Waals surface area contributed by atoms with Crippen molar-refractivity contribution < 1.29 is 9.90 Å². The number of carbonyl (C=O) groups excluding carboxylic acids is 1. The number of hydrogen-bond donors (Lipinski definition) is 1. The summed E-state index contributed by atoms with van der Waals surface area (Å²) >= 11 is 0. The van der Waals surface area contributed by atoms with Crippen molar-refractivity contribution in [1.82, 2.24) is 14.3 Å². The van der Waals surface area contributed by atoms with Crippen LogP contribution >= 0.6 is 0 Å². The number of pyridine rings is 1. The first-order valence-electron chi connectivity index (χ1n) is 8.68. The van der Waals surface area contributed by atoms with E-state index in [0.717, 1.165) is 37.0 Å². The van der Waals surface area contributed by atoms with E-state index in [0.29, 0.717) is 24.2 Å². The Morgan fingerprint density at radius 2 is 2.09 bits per heavy atom. The lowest BCUT2D eigenvalue weighted by molar-refractivity contribution is 0.0733. The number of aromatic nitrogens is 2. The molecule has 122 valence electrons. The molecule has 0 aromatic carbocycles. The molecule has 2 fully saturated rings. The number of nitrogens with zero attached hydrogens (tertiary/aromatic N) is 3. The molecule has 1 amide bonds. The van der Waals surface area contributed by atoms with Crippen molar-refractivity contribution in [3.05, 3.63) is 35.9 Å². The van der Waals surface area contributed by atoms with Gasteiger partial charge in [0.15, 0.2) is 5.69 Å². The minimum absolute atomic E-state index is 0.0565. The molecule has 0 unspecified atom stereocenters. The topological polar surface area (TPSA) is 57.8 Å². The largest absolute Gasteiger partial charge is 0.396 e. The van der Waals surface area contributed by atoms with Crippen molar-refractivity contribution in [3.8, 4) is 0 Å². The quantitative estimate of drug-likeness (QED) is 0.799. The van der Waals surface area contributed by atoms with Crippen LogP contribution in [-0.2, 0) is 0 Å². The monoisotopic (exact) mass is 313 g/mol. The molecule has 0 radical (unpaired) electrons. The van der Waals surface area contributed by atoms with Crippen molar-refractivity contribution >= 4 is 11.4 Å². The minimum Gasteiger partial charge on any atom is -0.396 e. The van der Waals surface area contributed by atoms with Crippen LogP contribution in [0.25, 0.3) is 5.52 Å². The molecular weight excluding hydrogens is 290 g/mol. The summed E-state index contributed by atoms with van der Waals surface area (Å²) in [6, 6.07) is 6.32. The minimum atomic E-state index is 0.0565. The van der Waals surface area contributed by atoms with E-state index >= 15 is 0 Å². The first-order chi connectivity index (χ1) is 11.3. The van der Waals surface area contributed by atoms with Crippen molar-refractivity contribution in [2.45, 2.75) is 50.5 Å². The Morgan fingerprint density at radius 3 is 2.78 bits per heavy atom. The summed E-state index contributed by atoms with van der Waals surface area (Å²) in [5, 5.41) is 8.98. The van der Waals surface area contributed by atoms with E-state index in [-0.39, 0.29) is 12.5 Å². The van der Waals surface area contributed by atoms with E-state index < -0.39 is 0 Å². The maximum Gasteiger partial charge on any atom is 0.274 e. The molecule has 5 heteroatoms. The number of amides is 1. The van der Waals surface area contributed by atoms with Crippen molar-refractivity contribution in [2.24, 2.45) is 0 Å². The smallest absolute Gasteiger partial charge is 0.274 e. The summed E-state index contributed by atoms with van der Waals surface area (Å²) in [6.45, 7) is 0.903. The Labute approximate surface area is 135 Å². The normalized spacial score (nSPS) is 17.6. The number of fused-ring (bicyclic) bond motifs is 1. The van der Waals surface area contributed by atoms with E-state index in [2.05, 4.69) is 4.40 Å². The second kappa shape index (κ2) is 5.96. The summed E-state index contributed by atoms with van der Waals surface area (Å²) in [5.74, 6) is 1.60. The van der Waals surface area contributed by atoms with E-state index in [1.165, 1.54) is 12.8 Å². The molecule has 0 spiro atoms. The Morgan fingerprint density at radius 1 is 1.26 bits per heavy atom. The molecule has 4 rings (SSSR count). The maximum atomic E-state index is 13.1. The van der Waals surface area contributed by atoms with Crippen LogP contribution in [0, 0.1) is 0 Å². The number of unbranched alkanes of at least 4 members (excludes halogenated alkanes) is 1. The lowest BCUT2D eigenvalue weighted by Gasteiger charge is -2.21. The van der Waals surface area contributed by atoms with Gasteiger partial charge in [0.2, 0.25) is 0 Å². The van der Waals surface area contributed by atoms with Crippen LogP contribution in [0.4, 0.5) is 0 Å². The van der Waals surface area contributed by atoms with Gasteiger partial charge in [-0.15, -0.1) is 0 Å². The van der Waals surface area contributed by atoms with Crippen LogP contribution in [0.15, 0.2) is 24.4 Å². The lowest BCUT2D eigenvalue weighted by atomic mass is 10.2. The third kappa shape index (κ3) is 2.85. The molecule has 2 aromatic rings. The zero-order valence-corrected chi connectivity index (χ0v) is 13.3. The molecule has 5 nitrogen and oxygen atoms in total. The third-order valence-electron chi connectivity index (χ3n) is 4.78. The van der Waals surface area contributed by atoms with Crippen LogP contribution in [0.1, 0.15) is 60.8 Å². The summed E-state index contributed by atoms with van der Waals surface area (Å²) in [7, 11) is 0. The highest BCUT2D eigenvalue weighted by atomic mass is 16.3. The fourth-order valence-corrected chi connectivity index (χ4v) is 3.21. The maximum absolute atomic E-state index is 13.1. The summed E-state index contributed by atoms with van der Waals surface area (Å²) in [6.07, 6.45) is 8.13. The molecule has 23 heavy (non-hydrogen) atoms. The third-order valence-corrected chi connectivity index (χ3v) is 4.78. The SMILES string of the molecule is O=C(c1nc(C2CC2)n2ccccc12)N(CCCCO)C1CC1. The molecule has 2 aliphatic carbocycles. The van der Waals surface area contributed by atoms with Gasteiger partial charge in [-0.25, -0.2) is 4.98 Å². The summed E-state index contributed by atoms with van der Waals surface area (Å²) < 4.78 is 2.09. The van der Waals surface area contributed by atoms with Crippen molar-refractivity contribution in [3.63, 3.8) is 0 Å². The standard InChI is InChI=1S/C18H23N3O2/c22-12-4-3-10-20(14-8-9-14)18(23)16-15-5-1-2-11-21(15)17(19-16)13-6-7-13/h1-2,5,11,13-14,22H,3-4,6-10,12H2. The molecule has 0 aliphatic heterocycles. The Kier molecular flexibility index (Phi) is 3.81. The molecule has 1 N–H and O–H groups in total. The molecular formula is C18H23N3O2. The fourth-order valence-electron chi connectivity index (χ4n) is 3.21. The van der Waals surface area contributed by atoms with Gasteiger partial charge in [0, 0.05) is 31.3 Å². The first kappa shape index (κ1) is 14.7. The highest BCUT2D eigenvalue weighted by molar-refractivity contribution is 5.99. The van der Waals surface area contributed by atoms with Gasteiger partial charge in [-0.1, -0.05) is 6.07 Å². The van der Waals surface area contributed by atoms with E-state index in [4.69, 9.17) is 10.1 Å². The average Bonchev–Trinajstić information content (AvgIpc) is 3.48. The zero-order chi connectivity index (χ0) is 15.8. The van der Waals surface area contributed by atoms with Crippen LogP contribution in [0.3, 0.4) is 0 Å². The first-order valence-corrected chi connectivity index (χ1v) is 8.68. The number of aliphatic hydroxyl groups excluding tert-OH is 1. The van der Waals surface area contributed by atoms with Gasteiger partial charge in [-0.05, 0) is 50.7 Å². The van der Waals surface area contributed by atoms with E-state index in [9.17, 15) is 4.79 Å². The molecule has 0 saturated heterocycles. The number of aliphatic hydroxyl groups is 1. The Bertz CT molecular complexity index is 716. The Balaban J connectivity index is 1.65. The molecule has 2 saturated carbocycles.